The zero-order valence-electron chi connectivity index (χ0n) is 12.8. The highest BCUT2D eigenvalue weighted by Gasteiger charge is 2.01. The van der Waals surface area contributed by atoms with E-state index in [0.717, 1.165) is 36.6 Å². The van der Waals surface area contributed by atoms with Gasteiger partial charge in [-0.05, 0) is 42.8 Å². The van der Waals surface area contributed by atoms with E-state index in [-0.39, 0.29) is 12.5 Å². The highest BCUT2D eigenvalue weighted by molar-refractivity contribution is 5.80. The number of amides is 1. The van der Waals surface area contributed by atoms with E-state index >= 15 is 0 Å². The molecule has 4 nitrogen and oxygen atoms in total. The minimum atomic E-state index is 0.0121. The van der Waals surface area contributed by atoms with Crippen molar-refractivity contribution in [3.63, 3.8) is 0 Å². The number of carbonyl (C=O) groups is 1. The van der Waals surface area contributed by atoms with Gasteiger partial charge in [-0.1, -0.05) is 31.5 Å². The summed E-state index contributed by atoms with van der Waals surface area (Å²) in [6, 6.07) is 17.2. The van der Waals surface area contributed by atoms with Crippen molar-refractivity contribution in [2.75, 3.05) is 18.4 Å². The Morgan fingerprint density at radius 2 is 1.68 bits per heavy atom. The molecular formula is C18H22N2O2. The van der Waals surface area contributed by atoms with Gasteiger partial charge in [-0.2, -0.15) is 0 Å². The van der Waals surface area contributed by atoms with Crippen LogP contribution in [0.25, 0.3) is 0 Å². The molecule has 0 spiro atoms. The van der Waals surface area contributed by atoms with Crippen LogP contribution in [0.2, 0.25) is 0 Å². The van der Waals surface area contributed by atoms with Gasteiger partial charge in [0.15, 0.2) is 0 Å². The second kappa shape index (κ2) is 8.72. The first kappa shape index (κ1) is 15.9. The molecule has 0 aliphatic carbocycles. The number of nitrogens with one attached hydrogen (secondary N) is 2. The second-order valence-corrected chi connectivity index (χ2v) is 5.00. The van der Waals surface area contributed by atoms with Crippen LogP contribution in [0.4, 0.5) is 5.69 Å². The number of carbonyl (C=O) groups excluding carboxylic acids is 1. The fourth-order valence-electron chi connectivity index (χ4n) is 1.91. The van der Waals surface area contributed by atoms with Gasteiger partial charge in [-0.3, -0.25) is 4.79 Å². The summed E-state index contributed by atoms with van der Waals surface area (Å²) in [6.45, 7) is 3.12. The quantitative estimate of drug-likeness (QED) is 0.729. The van der Waals surface area contributed by atoms with Gasteiger partial charge in [-0.25, -0.2) is 0 Å². The van der Waals surface area contributed by atoms with Crippen LogP contribution in [0.3, 0.4) is 0 Å². The number of unbranched alkanes of at least 4 members (excludes halogenated alkanes) is 1. The highest BCUT2D eigenvalue weighted by Crippen LogP contribution is 2.22. The average Bonchev–Trinajstić information content (AvgIpc) is 2.55. The van der Waals surface area contributed by atoms with Gasteiger partial charge in [0.05, 0.1) is 6.54 Å². The molecule has 0 radical (unpaired) electrons. The third-order valence-electron chi connectivity index (χ3n) is 3.14. The molecule has 116 valence electrons. The number of hydrogen-bond acceptors (Lipinski definition) is 3. The van der Waals surface area contributed by atoms with Gasteiger partial charge >= 0.3 is 0 Å². The Morgan fingerprint density at radius 3 is 2.36 bits per heavy atom. The molecular weight excluding hydrogens is 276 g/mol. The Morgan fingerprint density at radius 1 is 1.00 bits per heavy atom. The van der Waals surface area contributed by atoms with Gasteiger partial charge in [0.1, 0.15) is 11.5 Å². The number of rotatable bonds is 8. The van der Waals surface area contributed by atoms with E-state index in [4.69, 9.17) is 4.74 Å². The van der Waals surface area contributed by atoms with Gasteiger partial charge < -0.3 is 15.4 Å². The lowest BCUT2D eigenvalue weighted by molar-refractivity contribution is -0.119. The van der Waals surface area contributed by atoms with Crippen LogP contribution < -0.4 is 15.4 Å². The SMILES string of the molecule is CCCCNC(=O)CNc1ccc(Oc2ccccc2)cc1. The zero-order chi connectivity index (χ0) is 15.6. The molecule has 0 fully saturated rings. The second-order valence-electron chi connectivity index (χ2n) is 5.00. The predicted molar refractivity (Wildman–Crippen MR) is 89.4 cm³/mol. The highest BCUT2D eigenvalue weighted by atomic mass is 16.5. The van der Waals surface area contributed by atoms with E-state index in [0.29, 0.717) is 0 Å². The lowest BCUT2D eigenvalue weighted by Crippen LogP contribution is -2.30. The number of ether oxygens (including phenoxy) is 1. The number of benzene rings is 2. The van der Waals surface area contributed by atoms with Gasteiger partial charge in [0, 0.05) is 12.2 Å². The first-order valence-electron chi connectivity index (χ1n) is 7.61. The predicted octanol–water partition coefficient (Wildman–Crippen LogP) is 3.81. The van der Waals surface area contributed by atoms with Crippen molar-refractivity contribution in [3.05, 3.63) is 54.6 Å². The molecule has 22 heavy (non-hydrogen) atoms. The molecule has 0 heterocycles. The molecule has 0 saturated carbocycles. The first-order valence-corrected chi connectivity index (χ1v) is 7.61. The van der Waals surface area contributed by atoms with E-state index in [2.05, 4.69) is 17.6 Å². The molecule has 0 unspecified atom stereocenters. The monoisotopic (exact) mass is 298 g/mol. The van der Waals surface area contributed by atoms with Crippen LogP contribution in [0.5, 0.6) is 11.5 Å². The lowest BCUT2D eigenvalue weighted by atomic mass is 10.3. The largest absolute Gasteiger partial charge is 0.457 e. The molecule has 0 aromatic heterocycles. The van der Waals surface area contributed by atoms with Gasteiger partial charge in [-0.15, -0.1) is 0 Å². The van der Waals surface area contributed by atoms with E-state index in [1.807, 2.05) is 54.6 Å². The third kappa shape index (κ3) is 5.48. The fraction of sp³-hybridized carbons (Fsp3) is 0.278. The number of para-hydroxylation sites is 1. The maximum absolute atomic E-state index is 11.6. The normalized spacial score (nSPS) is 10.0. The van der Waals surface area contributed by atoms with Crippen molar-refractivity contribution >= 4 is 11.6 Å². The fourth-order valence-corrected chi connectivity index (χ4v) is 1.91. The molecule has 1 amide bonds. The number of hydrogen-bond donors (Lipinski definition) is 2. The number of anilines is 1. The molecule has 0 atom stereocenters. The Kier molecular flexibility index (Phi) is 6.30. The minimum absolute atomic E-state index is 0.0121. The molecule has 0 saturated heterocycles. The maximum atomic E-state index is 11.6. The summed E-state index contributed by atoms with van der Waals surface area (Å²) in [4.78, 5) is 11.6. The molecule has 2 rings (SSSR count). The molecule has 2 N–H and O–H groups in total. The smallest absolute Gasteiger partial charge is 0.239 e. The zero-order valence-corrected chi connectivity index (χ0v) is 12.8. The summed E-state index contributed by atoms with van der Waals surface area (Å²) < 4.78 is 5.72. The molecule has 0 bridgehead atoms. The topological polar surface area (TPSA) is 50.4 Å². The van der Waals surface area contributed by atoms with Crippen LogP contribution in [0.1, 0.15) is 19.8 Å². The van der Waals surface area contributed by atoms with Crippen molar-refractivity contribution in [1.29, 1.82) is 0 Å². The van der Waals surface area contributed by atoms with E-state index in [1.165, 1.54) is 0 Å². The Bertz CT molecular complexity index is 567. The van der Waals surface area contributed by atoms with E-state index in [9.17, 15) is 4.79 Å². The first-order chi connectivity index (χ1) is 10.8. The van der Waals surface area contributed by atoms with Crippen molar-refractivity contribution in [1.82, 2.24) is 5.32 Å². The lowest BCUT2D eigenvalue weighted by Gasteiger charge is -2.09. The summed E-state index contributed by atoms with van der Waals surface area (Å²) >= 11 is 0. The van der Waals surface area contributed by atoms with Gasteiger partial charge in [0.2, 0.25) is 5.91 Å². The molecule has 2 aromatic carbocycles. The molecule has 4 heteroatoms. The van der Waals surface area contributed by atoms with E-state index in [1.54, 1.807) is 0 Å². The summed E-state index contributed by atoms with van der Waals surface area (Å²) in [7, 11) is 0. The molecule has 2 aromatic rings. The van der Waals surface area contributed by atoms with Crippen LogP contribution in [-0.4, -0.2) is 19.0 Å². The third-order valence-corrected chi connectivity index (χ3v) is 3.14. The van der Waals surface area contributed by atoms with Crippen LogP contribution in [0.15, 0.2) is 54.6 Å². The standard InChI is InChI=1S/C18H22N2O2/c1-2-3-13-19-18(21)14-20-15-9-11-17(12-10-15)22-16-7-5-4-6-8-16/h4-12,20H,2-3,13-14H2,1H3,(H,19,21). The maximum Gasteiger partial charge on any atom is 0.239 e. The van der Waals surface area contributed by atoms with Crippen LogP contribution in [0, 0.1) is 0 Å². The summed E-state index contributed by atoms with van der Waals surface area (Å²) in [5, 5.41) is 5.97. The van der Waals surface area contributed by atoms with E-state index < -0.39 is 0 Å². The van der Waals surface area contributed by atoms with Gasteiger partial charge in [0.25, 0.3) is 0 Å². The molecule has 0 aliphatic heterocycles. The molecule has 0 aliphatic rings. The van der Waals surface area contributed by atoms with Crippen molar-refractivity contribution in [2.45, 2.75) is 19.8 Å². The van der Waals surface area contributed by atoms with Crippen molar-refractivity contribution < 1.29 is 9.53 Å². The Labute approximate surface area is 131 Å². The summed E-state index contributed by atoms with van der Waals surface area (Å²) in [5.74, 6) is 1.58. The van der Waals surface area contributed by atoms with Crippen LogP contribution in [-0.2, 0) is 4.79 Å². The van der Waals surface area contributed by atoms with Crippen LogP contribution >= 0.6 is 0 Å². The summed E-state index contributed by atoms with van der Waals surface area (Å²) in [5.41, 5.74) is 0.894. The Balaban J connectivity index is 1.78. The minimum Gasteiger partial charge on any atom is -0.457 e. The summed E-state index contributed by atoms with van der Waals surface area (Å²) in [6.07, 6.45) is 2.09. The average molecular weight is 298 g/mol. The van der Waals surface area contributed by atoms with Crippen molar-refractivity contribution in [2.24, 2.45) is 0 Å². The Hall–Kier alpha value is -2.49. The van der Waals surface area contributed by atoms with Crippen molar-refractivity contribution in [3.8, 4) is 11.5 Å².